The number of aryl methyl sites for hydroxylation is 1. The molecule has 0 aliphatic heterocycles. The number of nitrogens with zero attached hydrogens (tertiary/aromatic N) is 2. The normalized spacial score (nSPS) is 11.9. The quantitative estimate of drug-likeness (QED) is 0.781. The largest absolute Gasteiger partial charge is 0.351 e. The van der Waals surface area contributed by atoms with Gasteiger partial charge in [-0.1, -0.05) is 29.8 Å². The van der Waals surface area contributed by atoms with Gasteiger partial charge in [-0.2, -0.15) is 0 Å². The van der Waals surface area contributed by atoms with Gasteiger partial charge in [0.2, 0.25) is 11.8 Å². The van der Waals surface area contributed by atoms with E-state index in [2.05, 4.69) is 15.6 Å². The number of rotatable bonds is 7. The summed E-state index contributed by atoms with van der Waals surface area (Å²) in [6, 6.07) is 10.5. The van der Waals surface area contributed by atoms with Gasteiger partial charge in [-0.3, -0.25) is 14.5 Å². The predicted molar refractivity (Wildman–Crippen MR) is 103 cm³/mol. The van der Waals surface area contributed by atoms with Gasteiger partial charge >= 0.3 is 0 Å². The number of pyridine rings is 1. The summed E-state index contributed by atoms with van der Waals surface area (Å²) < 4.78 is 0. The fourth-order valence-corrected chi connectivity index (χ4v) is 2.35. The molecule has 0 saturated carbocycles. The van der Waals surface area contributed by atoms with E-state index in [1.54, 1.807) is 43.3 Å². The van der Waals surface area contributed by atoms with Crippen molar-refractivity contribution in [2.45, 2.75) is 26.4 Å². The van der Waals surface area contributed by atoms with Gasteiger partial charge in [0.25, 0.3) is 0 Å². The first-order valence-corrected chi connectivity index (χ1v) is 8.68. The number of anilines is 1. The van der Waals surface area contributed by atoms with Gasteiger partial charge < -0.3 is 10.6 Å². The van der Waals surface area contributed by atoms with E-state index in [4.69, 9.17) is 11.6 Å². The summed E-state index contributed by atoms with van der Waals surface area (Å²) in [6.07, 6.45) is 1.69. The Morgan fingerprint density at radius 1 is 1.19 bits per heavy atom. The SMILES string of the molecule is Cc1ccc(NC(=O)CN(C)C(C)C(=O)NCc2ccc(Cl)cc2)nc1. The van der Waals surface area contributed by atoms with Gasteiger partial charge in [0, 0.05) is 17.8 Å². The Morgan fingerprint density at radius 3 is 2.50 bits per heavy atom. The number of likely N-dealkylation sites (N-methyl/N-ethyl adjacent to an activating group) is 1. The fourth-order valence-electron chi connectivity index (χ4n) is 2.23. The Kier molecular flexibility index (Phi) is 7.12. The molecule has 1 aromatic carbocycles. The molecule has 138 valence electrons. The highest BCUT2D eigenvalue weighted by molar-refractivity contribution is 6.30. The Bertz CT molecular complexity index is 747. The number of nitrogens with one attached hydrogen (secondary N) is 2. The molecule has 2 aromatic rings. The molecule has 0 saturated heterocycles. The van der Waals surface area contributed by atoms with E-state index in [9.17, 15) is 9.59 Å². The first kappa shape index (κ1) is 19.9. The van der Waals surface area contributed by atoms with Gasteiger partial charge in [0.15, 0.2) is 0 Å². The Balaban J connectivity index is 1.80. The van der Waals surface area contributed by atoms with Crippen LogP contribution in [-0.2, 0) is 16.1 Å². The lowest BCUT2D eigenvalue weighted by Gasteiger charge is -2.23. The van der Waals surface area contributed by atoms with E-state index in [0.717, 1.165) is 11.1 Å². The number of benzene rings is 1. The first-order valence-electron chi connectivity index (χ1n) is 8.30. The minimum atomic E-state index is -0.445. The third-order valence-electron chi connectivity index (χ3n) is 3.99. The lowest BCUT2D eigenvalue weighted by Crippen LogP contribution is -2.45. The Morgan fingerprint density at radius 2 is 1.88 bits per heavy atom. The van der Waals surface area contributed by atoms with Crippen LogP contribution in [0.1, 0.15) is 18.1 Å². The predicted octanol–water partition coefficient (Wildman–Crippen LogP) is 2.62. The average Bonchev–Trinajstić information content (AvgIpc) is 2.62. The average molecular weight is 375 g/mol. The lowest BCUT2D eigenvalue weighted by molar-refractivity contribution is -0.126. The molecule has 0 bridgehead atoms. The number of carbonyl (C=O) groups is 2. The summed E-state index contributed by atoms with van der Waals surface area (Å²) in [5.74, 6) is 0.124. The molecule has 6 nitrogen and oxygen atoms in total. The molecule has 2 N–H and O–H groups in total. The van der Waals surface area contributed by atoms with Gasteiger partial charge in [0.05, 0.1) is 12.6 Å². The molecule has 7 heteroatoms. The van der Waals surface area contributed by atoms with Crippen LogP contribution in [0.15, 0.2) is 42.6 Å². The molecule has 2 amide bonds. The van der Waals surface area contributed by atoms with E-state index in [1.807, 2.05) is 25.1 Å². The zero-order chi connectivity index (χ0) is 19.1. The second-order valence-electron chi connectivity index (χ2n) is 6.20. The highest BCUT2D eigenvalue weighted by Gasteiger charge is 2.20. The van der Waals surface area contributed by atoms with Crippen LogP contribution in [0, 0.1) is 6.92 Å². The molecule has 26 heavy (non-hydrogen) atoms. The molecular formula is C19H23ClN4O2. The summed E-state index contributed by atoms with van der Waals surface area (Å²) in [5.41, 5.74) is 1.98. The zero-order valence-corrected chi connectivity index (χ0v) is 15.9. The number of aromatic nitrogens is 1. The molecule has 0 aliphatic carbocycles. The van der Waals surface area contributed by atoms with Gasteiger partial charge in [-0.15, -0.1) is 0 Å². The molecule has 0 radical (unpaired) electrons. The molecule has 1 unspecified atom stereocenters. The minimum absolute atomic E-state index is 0.0884. The van der Waals surface area contributed by atoms with Crippen LogP contribution in [0.5, 0.6) is 0 Å². The maximum Gasteiger partial charge on any atom is 0.239 e. The van der Waals surface area contributed by atoms with Crippen molar-refractivity contribution in [2.24, 2.45) is 0 Å². The third kappa shape index (κ3) is 6.13. The summed E-state index contributed by atoms with van der Waals surface area (Å²) in [5, 5.41) is 6.24. The van der Waals surface area contributed by atoms with E-state index in [1.165, 1.54) is 0 Å². The summed E-state index contributed by atoms with van der Waals surface area (Å²) in [7, 11) is 1.73. The topological polar surface area (TPSA) is 74.3 Å². The van der Waals surface area contributed by atoms with E-state index in [0.29, 0.717) is 17.4 Å². The van der Waals surface area contributed by atoms with E-state index >= 15 is 0 Å². The van der Waals surface area contributed by atoms with Crippen LogP contribution < -0.4 is 10.6 Å². The van der Waals surface area contributed by atoms with Crippen LogP contribution >= 0.6 is 11.6 Å². The molecule has 0 spiro atoms. The number of carbonyl (C=O) groups excluding carboxylic acids is 2. The van der Waals surface area contributed by atoms with Crippen molar-refractivity contribution in [3.63, 3.8) is 0 Å². The second-order valence-corrected chi connectivity index (χ2v) is 6.64. The van der Waals surface area contributed by atoms with Gasteiger partial charge in [0.1, 0.15) is 5.82 Å². The van der Waals surface area contributed by atoms with Crippen molar-refractivity contribution in [3.8, 4) is 0 Å². The van der Waals surface area contributed by atoms with Crippen LogP contribution in [-0.4, -0.2) is 41.3 Å². The monoisotopic (exact) mass is 374 g/mol. The number of amides is 2. The Labute approximate surface area is 158 Å². The third-order valence-corrected chi connectivity index (χ3v) is 4.24. The van der Waals surface area contributed by atoms with Crippen molar-refractivity contribution < 1.29 is 9.59 Å². The van der Waals surface area contributed by atoms with Gasteiger partial charge in [-0.05, 0) is 50.2 Å². The molecule has 1 atom stereocenters. The molecule has 0 fully saturated rings. The molecule has 2 rings (SSSR count). The summed E-state index contributed by atoms with van der Waals surface area (Å²) in [4.78, 5) is 30.2. The Hall–Kier alpha value is -2.44. The van der Waals surface area contributed by atoms with E-state index < -0.39 is 6.04 Å². The van der Waals surface area contributed by atoms with Crippen LogP contribution in [0.4, 0.5) is 5.82 Å². The summed E-state index contributed by atoms with van der Waals surface area (Å²) >= 11 is 5.84. The fraction of sp³-hybridized carbons (Fsp3) is 0.316. The maximum atomic E-state index is 12.3. The highest BCUT2D eigenvalue weighted by atomic mass is 35.5. The number of halogens is 1. The highest BCUT2D eigenvalue weighted by Crippen LogP contribution is 2.09. The van der Waals surface area contributed by atoms with Crippen molar-refractivity contribution in [3.05, 3.63) is 58.7 Å². The number of hydrogen-bond donors (Lipinski definition) is 2. The van der Waals surface area contributed by atoms with Crippen LogP contribution in [0.3, 0.4) is 0 Å². The van der Waals surface area contributed by atoms with Crippen molar-refractivity contribution in [1.82, 2.24) is 15.2 Å². The minimum Gasteiger partial charge on any atom is -0.351 e. The maximum absolute atomic E-state index is 12.3. The molecule has 0 aliphatic rings. The zero-order valence-electron chi connectivity index (χ0n) is 15.1. The smallest absolute Gasteiger partial charge is 0.239 e. The van der Waals surface area contributed by atoms with Crippen molar-refractivity contribution >= 4 is 29.2 Å². The molecule has 1 heterocycles. The van der Waals surface area contributed by atoms with Crippen molar-refractivity contribution in [2.75, 3.05) is 18.9 Å². The van der Waals surface area contributed by atoms with Crippen molar-refractivity contribution in [1.29, 1.82) is 0 Å². The van der Waals surface area contributed by atoms with E-state index in [-0.39, 0.29) is 18.4 Å². The first-order chi connectivity index (χ1) is 12.3. The van der Waals surface area contributed by atoms with Crippen LogP contribution in [0.2, 0.25) is 5.02 Å². The number of hydrogen-bond acceptors (Lipinski definition) is 4. The molecule has 1 aromatic heterocycles. The lowest BCUT2D eigenvalue weighted by atomic mass is 10.2. The summed E-state index contributed by atoms with van der Waals surface area (Å²) in [6.45, 7) is 4.18. The second kappa shape index (κ2) is 9.31. The molecular weight excluding hydrogens is 352 g/mol. The van der Waals surface area contributed by atoms with Crippen LogP contribution in [0.25, 0.3) is 0 Å². The standard InChI is InChI=1S/C19H23ClN4O2/c1-13-4-9-17(21-10-13)23-18(25)12-24(3)14(2)19(26)22-11-15-5-7-16(20)8-6-15/h4-10,14H,11-12H2,1-3H3,(H,22,26)(H,21,23,25). The van der Waals surface area contributed by atoms with Gasteiger partial charge in [-0.25, -0.2) is 4.98 Å².